The van der Waals surface area contributed by atoms with Gasteiger partial charge in [0.15, 0.2) is 5.78 Å². The fourth-order valence-electron chi connectivity index (χ4n) is 0.950. The minimum atomic E-state index is -6.71. The van der Waals surface area contributed by atoms with Gasteiger partial charge >= 0.3 is 24.0 Å². The van der Waals surface area contributed by atoms with Gasteiger partial charge in [0.25, 0.3) is 0 Å². The van der Waals surface area contributed by atoms with E-state index in [-0.39, 0.29) is 22.4 Å². The molecule has 133 valence electrons. The Kier molecular flexibility index (Phi) is 7.07. The maximum atomic E-state index is 12.9. The summed E-state index contributed by atoms with van der Waals surface area (Å²) in [5.74, 6) is -19.5. The van der Waals surface area contributed by atoms with Crippen molar-refractivity contribution in [3.63, 3.8) is 0 Å². The van der Waals surface area contributed by atoms with Crippen LogP contribution >= 0.6 is 0 Å². The van der Waals surface area contributed by atoms with Gasteiger partial charge in [0.2, 0.25) is 5.78 Å². The molecule has 0 spiro atoms. The van der Waals surface area contributed by atoms with Gasteiger partial charge in [-0.05, 0) is 13.8 Å². The third kappa shape index (κ3) is 4.07. The predicted octanol–water partition coefficient (Wildman–Crippen LogP) is 2.46. The molecule has 0 heterocycles. The number of hydrogen-bond acceptors (Lipinski definition) is 3. The molecular weight excluding hydrogens is 425 g/mol. The van der Waals surface area contributed by atoms with Crippen LogP contribution in [-0.4, -0.2) is 40.7 Å². The molecule has 0 unspecified atom stereocenters. The summed E-state index contributed by atoms with van der Waals surface area (Å²) >= 11 is 0. The van der Waals surface area contributed by atoms with Crippen molar-refractivity contribution in [3.05, 3.63) is 0 Å². The smallest absolute Gasteiger partial charge is 0.460 e. The zero-order chi connectivity index (χ0) is 17.4. The summed E-state index contributed by atoms with van der Waals surface area (Å²) in [6.07, 6.45) is -8.78. The average Bonchev–Trinajstić information content (AvgIpc) is 2.26. The maximum absolute atomic E-state index is 12.9. The second-order valence-corrected chi connectivity index (χ2v) is 4.60. The maximum Gasteiger partial charge on any atom is 0.460 e. The standard InChI is InChI=1S/C10H9F7O4.Ag/c1-7(2,6(20)21)4(18)3-5(19)8(11,12)9(13,14)10(15,16)17;/h3H2,1-2H3,(H,20,21);. The molecule has 0 aromatic heterocycles. The predicted molar refractivity (Wildman–Crippen MR) is 52.0 cm³/mol. The molecule has 0 aromatic rings. The summed E-state index contributed by atoms with van der Waals surface area (Å²) < 4.78 is 86.4. The van der Waals surface area contributed by atoms with Gasteiger partial charge in [-0.15, -0.1) is 0 Å². The Balaban J connectivity index is 0. The summed E-state index contributed by atoms with van der Waals surface area (Å²) in [7, 11) is 0. The Morgan fingerprint density at radius 3 is 1.50 bits per heavy atom. The van der Waals surface area contributed by atoms with Gasteiger partial charge in [-0.1, -0.05) is 0 Å². The van der Waals surface area contributed by atoms with E-state index in [0.717, 1.165) is 0 Å². The monoisotopic (exact) mass is 433 g/mol. The van der Waals surface area contributed by atoms with Crippen molar-refractivity contribution in [1.29, 1.82) is 0 Å². The van der Waals surface area contributed by atoms with Crippen LogP contribution in [0.1, 0.15) is 20.3 Å². The number of hydrogen-bond donors (Lipinski definition) is 1. The number of halogens is 7. The summed E-state index contributed by atoms with van der Waals surface area (Å²) in [4.78, 5) is 32.8. The zero-order valence-electron chi connectivity index (χ0n) is 10.8. The van der Waals surface area contributed by atoms with Crippen molar-refractivity contribution in [3.8, 4) is 0 Å². The van der Waals surface area contributed by atoms with Crippen LogP contribution < -0.4 is 0 Å². The third-order valence-corrected chi connectivity index (χ3v) is 2.65. The summed E-state index contributed by atoms with van der Waals surface area (Å²) in [6.45, 7) is 1.37. The van der Waals surface area contributed by atoms with Crippen molar-refractivity contribution < 1.29 is 72.6 Å². The Morgan fingerprint density at radius 2 is 1.23 bits per heavy atom. The molecule has 0 saturated carbocycles. The van der Waals surface area contributed by atoms with Crippen LogP contribution in [0.15, 0.2) is 0 Å². The first-order chi connectivity index (χ1) is 8.99. The minimum Gasteiger partial charge on any atom is -0.481 e. The molecule has 12 heteroatoms. The fraction of sp³-hybridized carbons (Fsp3) is 0.700. The van der Waals surface area contributed by atoms with E-state index in [0.29, 0.717) is 13.8 Å². The van der Waals surface area contributed by atoms with Crippen molar-refractivity contribution in [1.82, 2.24) is 0 Å². The van der Waals surface area contributed by atoms with Gasteiger partial charge in [0.1, 0.15) is 5.41 Å². The van der Waals surface area contributed by atoms with E-state index in [1.165, 1.54) is 0 Å². The Hall–Kier alpha value is -0.940. The quantitative estimate of drug-likeness (QED) is 0.396. The Morgan fingerprint density at radius 1 is 0.864 bits per heavy atom. The first-order valence-corrected chi connectivity index (χ1v) is 5.12. The minimum absolute atomic E-state index is 0. The molecule has 0 rings (SSSR count). The van der Waals surface area contributed by atoms with E-state index in [1.807, 2.05) is 0 Å². The van der Waals surface area contributed by atoms with Gasteiger partial charge in [0.05, 0.1) is 6.42 Å². The van der Waals surface area contributed by atoms with Crippen molar-refractivity contribution in [2.45, 2.75) is 38.3 Å². The van der Waals surface area contributed by atoms with Gasteiger partial charge in [-0.3, -0.25) is 14.4 Å². The largest absolute Gasteiger partial charge is 0.481 e. The second-order valence-electron chi connectivity index (χ2n) is 4.60. The zero-order valence-corrected chi connectivity index (χ0v) is 12.3. The van der Waals surface area contributed by atoms with Crippen LogP contribution in [0.4, 0.5) is 30.7 Å². The first-order valence-electron chi connectivity index (χ1n) is 5.12. The van der Waals surface area contributed by atoms with Crippen LogP contribution in [0.5, 0.6) is 0 Å². The number of aliphatic carboxylic acids is 1. The van der Waals surface area contributed by atoms with E-state index in [1.54, 1.807) is 0 Å². The molecule has 1 radical (unpaired) electrons. The molecule has 0 aliphatic heterocycles. The number of carboxylic acids is 1. The van der Waals surface area contributed by atoms with E-state index in [2.05, 4.69) is 0 Å². The van der Waals surface area contributed by atoms with Crippen molar-refractivity contribution >= 4 is 17.5 Å². The molecule has 1 N–H and O–H groups in total. The van der Waals surface area contributed by atoms with E-state index >= 15 is 0 Å². The van der Waals surface area contributed by atoms with Gasteiger partial charge in [-0.2, -0.15) is 30.7 Å². The van der Waals surface area contributed by atoms with Crippen LogP contribution in [-0.2, 0) is 36.8 Å². The fourth-order valence-corrected chi connectivity index (χ4v) is 0.950. The summed E-state index contributed by atoms with van der Waals surface area (Å²) in [6, 6.07) is 0. The van der Waals surface area contributed by atoms with E-state index in [9.17, 15) is 45.1 Å². The van der Waals surface area contributed by atoms with Crippen LogP contribution in [0.2, 0.25) is 0 Å². The molecule has 0 amide bonds. The Labute approximate surface area is 134 Å². The molecule has 0 fully saturated rings. The molecule has 4 nitrogen and oxygen atoms in total. The van der Waals surface area contributed by atoms with Crippen molar-refractivity contribution in [2.24, 2.45) is 5.41 Å². The van der Waals surface area contributed by atoms with Gasteiger partial charge in [-0.25, -0.2) is 0 Å². The summed E-state index contributed by atoms with van der Waals surface area (Å²) in [5, 5.41) is 8.57. The van der Waals surface area contributed by atoms with Gasteiger partial charge < -0.3 is 5.11 Å². The number of rotatable bonds is 6. The second kappa shape index (κ2) is 6.67. The molecule has 0 aliphatic carbocycles. The number of ketones is 2. The molecular formula is C10H9AgF7O4. The molecule has 0 atom stereocenters. The van der Waals surface area contributed by atoms with Crippen molar-refractivity contribution in [2.75, 3.05) is 0 Å². The number of alkyl halides is 7. The van der Waals surface area contributed by atoms with Gasteiger partial charge in [0, 0.05) is 22.4 Å². The molecule has 0 aliphatic rings. The number of carbonyl (C=O) groups excluding carboxylic acids is 2. The first kappa shape index (κ1) is 23.3. The number of Topliss-reactive ketones (excluding diaryl/α,β-unsaturated/α-hetero) is 2. The molecule has 0 aromatic carbocycles. The average molecular weight is 434 g/mol. The third-order valence-electron chi connectivity index (χ3n) is 2.65. The molecule has 0 bridgehead atoms. The van der Waals surface area contributed by atoms with E-state index < -0.39 is 47.4 Å². The normalized spacial score (nSPS) is 13.3. The molecule has 22 heavy (non-hydrogen) atoms. The topological polar surface area (TPSA) is 71.4 Å². The number of carbonyl (C=O) groups is 3. The molecule has 0 saturated heterocycles. The number of carboxylic acid groups (broad SMARTS) is 1. The van der Waals surface area contributed by atoms with Crippen LogP contribution in [0, 0.1) is 5.41 Å². The summed E-state index contributed by atoms with van der Waals surface area (Å²) in [5.41, 5.74) is -2.39. The van der Waals surface area contributed by atoms with Crippen LogP contribution in [0.25, 0.3) is 0 Å². The van der Waals surface area contributed by atoms with E-state index in [4.69, 9.17) is 5.11 Å². The Bertz CT molecular complexity index is 470. The van der Waals surface area contributed by atoms with Crippen LogP contribution in [0.3, 0.4) is 0 Å². The SMILES string of the molecule is CC(C)(C(=O)O)C(=O)CC(=O)C(F)(F)C(F)(F)C(F)(F)F.[Ag].